The van der Waals surface area contributed by atoms with Gasteiger partial charge in [0.1, 0.15) is 0 Å². The summed E-state index contributed by atoms with van der Waals surface area (Å²) in [5.41, 5.74) is 5.25. The van der Waals surface area contributed by atoms with Gasteiger partial charge in [-0.05, 0) is 42.2 Å². The molecule has 0 spiro atoms. The van der Waals surface area contributed by atoms with Gasteiger partial charge in [-0.25, -0.2) is 0 Å². The summed E-state index contributed by atoms with van der Waals surface area (Å²) in [5.74, 6) is 1.60. The number of aryl methyl sites for hydroxylation is 1. The molecular formula is C18H22ClNO2. The lowest BCUT2D eigenvalue weighted by atomic mass is 9.91. The Morgan fingerprint density at radius 1 is 0.955 bits per heavy atom. The van der Waals surface area contributed by atoms with Crippen LogP contribution in [0.1, 0.15) is 28.3 Å². The first-order chi connectivity index (χ1) is 10.2. The monoisotopic (exact) mass is 319 g/mol. The van der Waals surface area contributed by atoms with Crippen molar-refractivity contribution < 1.29 is 9.47 Å². The van der Waals surface area contributed by atoms with Crippen molar-refractivity contribution in [3.05, 3.63) is 58.7 Å². The van der Waals surface area contributed by atoms with Gasteiger partial charge in [-0.2, -0.15) is 0 Å². The van der Waals surface area contributed by atoms with Crippen LogP contribution in [0, 0.1) is 6.92 Å². The van der Waals surface area contributed by atoms with Crippen LogP contribution in [0.15, 0.2) is 36.4 Å². The average Bonchev–Trinajstić information content (AvgIpc) is 2.53. The van der Waals surface area contributed by atoms with E-state index in [1.54, 1.807) is 14.2 Å². The molecule has 0 aromatic heterocycles. The maximum atomic E-state index is 5.41. The molecule has 3 rings (SSSR count). The molecule has 1 aliphatic heterocycles. The van der Waals surface area contributed by atoms with Gasteiger partial charge in [-0.1, -0.05) is 29.8 Å². The van der Waals surface area contributed by atoms with Crippen molar-refractivity contribution in [2.75, 3.05) is 14.2 Å². The van der Waals surface area contributed by atoms with E-state index in [0.29, 0.717) is 6.04 Å². The summed E-state index contributed by atoms with van der Waals surface area (Å²) in [5, 5.41) is 3.60. The van der Waals surface area contributed by atoms with Crippen LogP contribution in [0.2, 0.25) is 0 Å². The summed E-state index contributed by atoms with van der Waals surface area (Å²) < 4.78 is 10.8. The van der Waals surface area contributed by atoms with Crippen molar-refractivity contribution in [3.8, 4) is 11.5 Å². The normalized spacial score (nSPS) is 16.4. The Morgan fingerprint density at radius 2 is 1.55 bits per heavy atom. The lowest BCUT2D eigenvalue weighted by Gasteiger charge is -2.27. The second kappa shape index (κ2) is 7.03. The highest BCUT2D eigenvalue weighted by molar-refractivity contribution is 5.85. The van der Waals surface area contributed by atoms with Crippen LogP contribution >= 0.6 is 12.4 Å². The average molecular weight is 320 g/mol. The molecule has 0 saturated heterocycles. The van der Waals surface area contributed by atoms with E-state index in [2.05, 4.69) is 48.6 Å². The highest BCUT2D eigenvalue weighted by Crippen LogP contribution is 2.35. The molecule has 0 bridgehead atoms. The molecule has 1 aliphatic rings. The number of ether oxygens (including phenoxy) is 2. The molecule has 3 nitrogen and oxygen atoms in total. The van der Waals surface area contributed by atoms with E-state index in [1.807, 2.05) is 0 Å². The second-order valence-corrected chi connectivity index (χ2v) is 5.52. The summed E-state index contributed by atoms with van der Waals surface area (Å²) >= 11 is 0. The number of fused-ring (bicyclic) bond motifs is 1. The zero-order chi connectivity index (χ0) is 14.8. The third kappa shape index (κ3) is 3.21. The van der Waals surface area contributed by atoms with Gasteiger partial charge in [0.25, 0.3) is 0 Å². The highest BCUT2D eigenvalue weighted by Gasteiger charge is 2.21. The molecule has 118 valence electrons. The van der Waals surface area contributed by atoms with Crippen LogP contribution < -0.4 is 14.8 Å². The first-order valence-corrected chi connectivity index (χ1v) is 7.25. The number of benzene rings is 2. The molecule has 0 radical (unpaired) electrons. The molecule has 0 aliphatic carbocycles. The van der Waals surface area contributed by atoms with Crippen LogP contribution in [-0.4, -0.2) is 14.2 Å². The molecule has 0 saturated carbocycles. The minimum absolute atomic E-state index is 0. The summed E-state index contributed by atoms with van der Waals surface area (Å²) in [6.45, 7) is 2.97. The molecule has 0 amide bonds. The Kier molecular flexibility index (Phi) is 5.33. The molecule has 0 fully saturated rings. The smallest absolute Gasteiger partial charge is 0.161 e. The predicted molar refractivity (Wildman–Crippen MR) is 91.3 cm³/mol. The molecule has 1 unspecified atom stereocenters. The Balaban J connectivity index is 0.00000176. The maximum Gasteiger partial charge on any atom is 0.161 e. The van der Waals surface area contributed by atoms with E-state index in [9.17, 15) is 0 Å². The van der Waals surface area contributed by atoms with Gasteiger partial charge >= 0.3 is 0 Å². The predicted octanol–water partition coefficient (Wildman–Crippen LogP) is 3.82. The molecular weight excluding hydrogens is 298 g/mol. The fourth-order valence-electron chi connectivity index (χ4n) is 2.88. The number of nitrogens with one attached hydrogen (secondary N) is 1. The van der Waals surface area contributed by atoms with Crippen molar-refractivity contribution in [1.29, 1.82) is 0 Å². The zero-order valence-electron chi connectivity index (χ0n) is 13.2. The molecule has 22 heavy (non-hydrogen) atoms. The molecule has 4 heteroatoms. The van der Waals surface area contributed by atoms with Crippen molar-refractivity contribution in [3.63, 3.8) is 0 Å². The lowest BCUT2D eigenvalue weighted by Crippen LogP contribution is -2.28. The fourth-order valence-corrected chi connectivity index (χ4v) is 2.88. The third-order valence-electron chi connectivity index (χ3n) is 4.15. The van der Waals surface area contributed by atoms with Crippen molar-refractivity contribution in [2.45, 2.75) is 25.9 Å². The minimum atomic E-state index is 0. The quantitative estimate of drug-likeness (QED) is 0.933. The second-order valence-electron chi connectivity index (χ2n) is 5.52. The zero-order valence-corrected chi connectivity index (χ0v) is 14.0. The number of rotatable bonds is 3. The first-order valence-electron chi connectivity index (χ1n) is 7.25. The number of halogens is 1. The first kappa shape index (κ1) is 16.7. The molecule has 2 aromatic carbocycles. The van der Waals surface area contributed by atoms with E-state index in [-0.39, 0.29) is 12.4 Å². The van der Waals surface area contributed by atoms with Crippen molar-refractivity contribution >= 4 is 12.4 Å². The van der Waals surface area contributed by atoms with E-state index in [0.717, 1.165) is 24.5 Å². The van der Waals surface area contributed by atoms with Gasteiger partial charge in [-0.3, -0.25) is 0 Å². The van der Waals surface area contributed by atoms with Crippen LogP contribution in [-0.2, 0) is 13.0 Å². The van der Waals surface area contributed by atoms with Gasteiger partial charge in [0.2, 0.25) is 0 Å². The maximum absolute atomic E-state index is 5.41. The van der Waals surface area contributed by atoms with E-state index >= 15 is 0 Å². The van der Waals surface area contributed by atoms with Crippen LogP contribution in [0.4, 0.5) is 0 Å². The number of hydrogen-bond acceptors (Lipinski definition) is 3. The summed E-state index contributed by atoms with van der Waals surface area (Å²) in [7, 11) is 3.36. The standard InChI is InChI=1S/C18H21NO2.ClH/c1-12-4-6-13(7-5-12)16-8-14-9-17(20-2)18(21-3)10-15(14)11-19-16;/h4-7,9-10,16,19H,8,11H2,1-3H3;1H. The Hall–Kier alpha value is -1.71. The van der Waals surface area contributed by atoms with E-state index in [4.69, 9.17) is 9.47 Å². The molecule has 1 atom stereocenters. The Labute approximate surface area is 138 Å². The van der Waals surface area contributed by atoms with Crippen molar-refractivity contribution in [1.82, 2.24) is 5.32 Å². The highest BCUT2D eigenvalue weighted by atomic mass is 35.5. The van der Waals surface area contributed by atoms with Gasteiger partial charge in [-0.15, -0.1) is 12.4 Å². The summed E-state index contributed by atoms with van der Waals surface area (Å²) in [6, 6.07) is 13.3. The van der Waals surface area contributed by atoms with E-state index in [1.165, 1.54) is 22.3 Å². The Morgan fingerprint density at radius 3 is 2.14 bits per heavy atom. The Bertz CT molecular complexity index is 640. The van der Waals surface area contributed by atoms with Gasteiger partial charge < -0.3 is 14.8 Å². The van der Waals surface area contributed by atoms with Crippen LogP contribution in [0.3, 0.4) is 0 Å². The van der Waals surface area contributed by atoms with Crippen molar-refractivity contribution in [2.24, 2.45) is 0 Å². The van der Waals surface area contributed by atoms with E-state index < -0.39 is 0 Å². The molecule has 1 N–H and O–H groups in total. The van der Waals surface area contributed by atoms with Crippen LogP contribution in [0.5, 0.6) is 11.5 Å². The fraction of sp³-hybridized carbons (Fsp3) is 0.333. The van der Waals surface area contributed by atoms with Crippen LogP contribution in [0.25, 0.3) is 0 Å². The number of methoxy groups -OCH3 is 2. The summed E-state index contributed by atoms with van der Waals surface area (Å²) in [6.07, 6.45) is 0.971. The van der Waals surface area contributed by atoms with Gasteiger partial charge in [0.05, 0.1) is 14.2 Å². The largest absolute Gasteiger partial charge is 0.493 e. The molecule has 1 heterocycles. The molecule has 2 aromatic rings. The lowest BCUT2D eigenvalue weighted by molar-refractivity contribution is 0.352. The van der Waals surface area contributed by atoms with Gasteiger partial charge in [0.15, 0.2) is 11.5 Å². The summed E-state index contributed by atoms with van der Waals surface area (Å²) in [4.78, 5) is 0. The van der Waals surface area contributed by atoms with Gasteiger partial charge in [0, 0.05) is 12.6 Å². The third-order valence-corrected chi connectivity index (χ3v) is 4.15. The SMILES string of the molecule is COc1cc2c(cc1OC)CC(c1ccc(C)cc1)NC2.Cl. The number of hydrogen-bond donors (Lipinski definition) is 1. The topological polar surface area (TPSA) is 30.5 Å². The minimum Gasteiger partial charge on any atom is -0.493 e.